The summed E-state index contributed by atoms with van der Waals surface area (Å²) in [5, 5.41) is 8.88. The van der Waals surface area contributed by atoms with Crippen LogP contribution in [0.4, 0.5) is 4.79 Å². The van der Waals surface area contributed by atoms with Crippen molar-refractivity contribution in [2.45, 2.75) is 64.1 Å². The van der Waals surface area contributed by atoms with E-state index in [9.17, 15) is 9.59 Å². The van der Waals surface area contributed by atoms with E-state index < -0.39 is 12.1 Å². The molecule has 3 unspecified atom stereocenters. The Balaban J connectivity index is 0.00000361. The Morgan fingerprint density at radius 1 is 1.45 bits per heavy atom. The van der Waals surface area contributed by atoms with Crippen molar-refractivity contribution in [2.75, 3.05) is 6.54 Å². The molecule has 0 saturated carbocycles. The molecule has 1 heterocycles. The number of hydrogen-bond acceptors (Lipinski definition) is 3. The van der Waals surface area contributed by atoms with E-state index in [1.165, 1.54) is 0 Å². The van der Waals surface area contributed by atoms with Crippen LogP contribution < -0.4 is 21.7 Å². The molecule has 6 nitrogen and oxygen atoms in total. The molecular weight excluding hydrogens is 280 g/mol. The van der Waals surface area contributed by atoms with E-state index in [0.29, 0.717) is 12.5 Å². The molecule has 0 spiro atoms. The second-order valence-electron chi connectivity index (χ2n) is 5.29. The van der Waals surface area contributed by atoms with E-state index >= 15 is 0 Å². The third-order valence-corrected chi connectivity index (χ3v) is 3.45. The molecule has 0 aromatic heterocycles. The van der Waals surface area contributed by atoms with Crippen molar-refractivity contribution in [3.63, 3.8) is 0 Å². The van der Waals surface area contributed by atoms with Crippen molar-refractivity contribution >= 4 is 24.3 Å². The topological polar surface area (TPSA) is 96.2 Å². The molecule has 7 heteroatoms. The van der Waals surface area contributed by atoms with Gasteiger partial charge >= 0.3 is 6.03 Å². The van der Waals surface area contributed by atoms with Gasteiger partial charge in [-0.1, -0.05) is 19.8 Å². The van der Waals surface area contributed by atoms with Crippen LogP contribution in [0.1, 0.15) is 46.0 Å². The first-order valence-electron chi connectivity index (χ1n) is 7.12. The first-order chi connectivity index (χ1) is 9.02. The summed E-state index contributed by atoms with van der Waals surface area (Å²) in [6.45, 7) is 5.07. The smallest absolute Gasteiger partial charge is 0.312 e. The molecule has 1 fully saturated rings. The van der Waals surface area contributed by atoms with Gasteiger partial charge in [-0.25, -0.2) is 4.79 Å². The quantitative estimate of drug-likeness (QED) is 0.587. The molecule has 0 radical (unpaired) electrons. The highest BCUT2D eigenvalue weighted by Gasteiger charge is 2.24. The second kappa shape index (κ2) is 9.83. The number of piperidine rings is 1. The molecule has 0 aromatic rings. The van der Waals surface area contributed by atoms with E-state index in [-0.39, 0.29) is 24.4 Å². The summed E-state index contributed by atoms with van der Waals surface area (Å²) in [4.78, 5) is 23.1. The van der Waals surface area contributed by atoms with Crippen LogP contribution in [-0.4, -0.2) is 36.6 Å². The fourth-order valence-electron chi connectivity index (χ4n) is 2.41. The lowest BCUT2D eigenvalue weighted by Gasteiger charge is -2.30. The number of amides is 3. The summed E-state index contributed by atoms with van der Waals surface area (Å²) in [5.41, 5.74) is 5.12. The molecule has 0 bridgehead atoms. The number of urea groups is 1. The molecule has 5 N–H and O–H groups in total. The molecule has 3 atom stereocenters. The fourth-order valence-corrected chi connectivity index (χ4v) is 2.41. The van der Waals surface area contributed by atoms with Crippen molar-refractivity contribution in [1.82, 2.24) is 16.0 Å². The summed E-state index contributed by atoms with van der Waals surface area (Å²) >= 11 is 0. The number of nitrogens with two attached hydrogens (primary N) is 1. The van der Waals surface area contributed by atoms with Crippen molar-refractivity contribution in [1.29, 1.82) is 0 Å². The van der Waals surface area contributed by atoms with Gasteiger partial charge in [-0.3, -0.25) is 4.79 Å². The highest BCUT2D eigenvalue weighted by molar-refractivity contribution is 5.86. The lowest BCUT2D eigenvalue weighted by atomic mass is 10.00. The van der Waals surface area contributed by atoms with Crippen LogP contribution >= 0.6 is 12.4 Å². The van der Waals surface area contributed by atoms with Crippen molar-refractivity contribution in [3.05, 3.63) is 0 Å². The van der Waals surface area contributed by atoms with E-state index in [4.69, 9.17) is 5.73 Å². The van der Waals surface area contributed by atoms with Crippen LogP contribution in [0.5, 0.6) is 0 Å². The van der Waals surface area contributed by atoms with Gasteiger partial charge in [0.2, 0.25) is 5.91 Å². The summed E-state index contributed by atoms with van der Waals surface area (Å²) in [5.74, 6) is -0.119. The third-order valence-electron chi connectivity index (χ3n) is 3.45. The summed E-state index contributed by atoms with van der Waals surface area (Å²) < 4.78 is 0. The predicted octanol–water partition coefficient (Wildman–Crippen LogP) is 0.892. The zero-order valence-electron chi connectivity index (χ0n) is 12.3. The van der Waals surface area contributed by atoms with Crippen LogP contribution in [-0.2, 0) is 4.79 Å². The third kappa shape index (κ3) is 6.96. The average molecular weight is 307 g/mol. The van der Waals surface area contributed by atoms with E-state index in [0.717, 1.165) is 32.2 Å². The molecule has 1 rings (SSSR count). The highest BCUT2D eigenvalue weighted by atomic mass is 35.5. The Morgan fingerprint density at radius 2 is 2.15 bits per heavy atom. The zero-order chi connectivity index (χ0) is 14.3. The highest BCUT2D eigenvalue weighted by Crippen LogP contribution is 2.09. The van der Waals surface area contributed by atoms with Crippen LogP contribution in [0.25, 0.3) is 0 Å². The lowest BCUT2D eigenvalue weighted by molar-refractivity contribution is -0.124. The number of halogens is 1. The number of rotatable bonds is 6. The maximum Gasteiger partial charge on any atom is 0.312 e. The van der Waals surface area contributed by atoms with Crippen molar-refractivity contribution in [2.24, 2.45) is 5.73 Å². The van der Waals surface area contributed by atoms with Crippen LogP contribution in [0.15, 0.2) is 0 Å². The second-order valence-corrected chi connectivity index (χ2v) is 5.29. The number of unbranched alkanes of at least 4 members (excludes halogenated alkanes) is 1. The van der Waals surface area contributed by atoms with Crippen molar-refractivity contribution < 1.29 is 9.59 Å². The number of carbonyl (C=O) groups excluding carboxylic acids is 2. The minimum atomic E-state index is -0.644. The molecule has 0 aliphatic carbocycles. The Morgan fingerprint density at radius 3 is 2.70 bits per heavy atom. The molecule has 0 aromatic carbocycles. The number of primary amides is 1. The fraction of sp³-hybridized carbons (Fsp3) is 0.846. The molecule has 20 heavy (non-hydrogen) atoms. The first kappa shape index (κ1) is 19.0. The van der Waals surface area contributed by atoms with Crippen molar-refractivity contribution in [3.8, 4) is 0 Å². The minimum absolute atomic E-state index is 0. The Hall–Kier alpha value is -1.01. The Labute approximate surface area is 127 Å². The molecule has 1 saturated heterocycles. The average Bonchev–Trinajstić information content (AvgIpc) is 2.34. The van der Waals surface area contributed by atoms with Gasteiger partial charge in [0.15, 0.2) is 0 Å². The summed E-state index contributed by atoms with van der Waals surface area (Å²) in [6, 6.07) is -0.558. The van der Waals surface area contributed by atoms with Crippen LogP contribution in [0.3, 0.4) is 0 Å². The van der Waals surface area contributed by atoms with Gasteiger partial charge in [-0.15, -0.1) is 12.4 Å². The van der Waals surface area contributed by atoms with Gasteiger partial charge in [0, 0.05) is 12.1 Å². The Bertz CT molecular complexity index is 315. The number of nitrogens with one attached hydrogen (secondary N) is 3. The number of hydrogen-bond donors (Lipinski definition) is 4. The van der Waals surface area contributed by atoms with Gasteiger partial charge in [0.05, 0.1) is 0 Å². The van der Waals surface area contributed by atoms with Gasteiger partial charge < -0.3 is 21.7 Å². The van der Waals surface area contributed by atoms with E-state index in [2.05, 4.69) is 22.9 Å². The molecule has 3 amide bonds. The van der Waals surface area contributed by atoms with E-state index in [1.54, 1.807) is 0 Å². The molecule has 1 aliphatic rings. The van der Waals surface area contributed by atoms with Gasteiger partial charge in [-0.2, -0.15) is 0 Å². The maximum absolute atomic E-state index is 12.2. The molecule has 1 aliphatic heterocycles. The maximum atomic E-state index is 12.2. The van der Waals surface area contributed by atoms with Gasteiger partial charge in [0.1, 0.15) is 6.04 Å². The SMILES string of the molecule is CCCCC(NC(N)=O)C(=O)NC1CCNC(C)C1.Cl. The molecule has 118 valence electrons. The van der Waals surface area contributed by atoms with Crippen LogP contribution in [0, 0.1) is 0 Å². The zero-order valence-corrected chi connectivity index (χ0v) is 13.1. The lowest BCUT2D eigenvalue weighted by Crippen LogP contribution is -2.53. The summed E-state index contributed by atoms with van der Waals surface area (Å²) in [6.07, 6.45) is 4.34. The molecular formula is C13H27ClN4O2. The first-order valence-corrected chi connectivity index (χ1v) is 7.12. The monoisotopic (exact) mass is 306 g/mol. The number of carbonyl (C=O) groups is 2. The predicted molar refractivity (Wildman–Crippen MR) is 81.9 cm³/mol. The summed E-state index contributed by atoms with van der Waals surface area (Å²) in [7, 11) is 0. The van der Waals surface area contributed by atoms with Gasteiger partial charge in [0.25, 0.3) is 0 Å². The minimum Gasteiger partial charge on any atom is -0.352 e. The van der Waals surface area contributed by atoms with Gasteiger partial charge in [-0.05, 0) is 32.7 Å². The standard InChI is InChI=1S/C13H26N4O2.ClH/c1-3-4-5-11(17-13(14)19)12(18)16-10-6-7-15-9(2)8-10;/h9-11,15H,3-8H2,1-2H3,(H,16,18)(H3,14,17,19);1H. The van der Waals surface area contributed by atoms with E-state index in [1.807, 2.05) is 6.92 Å². The Kier molecular flexibility index (Phi) is 9.33. The largest absolute Gasteiger partial charge is 0.352 e. The normalized spacial score (nSPS) is 23.3. The van der Waals surface area contributed by atoms with Crippen LogP contribution in [0.2, 0.25) is 0 Å².